The van der Waals surface area contributed by atoms with Gasteiger partial charge in [0.15, 0.2) is 0 Å². The number of benzene rings is 2. The SMILES string of the molecule is Cc1ccc(C2CC3C(=O)N(Cc4nc(-c5cccc(Br)c5)no4)C=CN3N2)cc1. The van der Waals surface area contributed by atoms with Crippen LogP contribution in [0.5, 0.6) is 0 Å². The summed E-state index contributed by atoms with van der Waals surface area (Å²) in [6.45, 7) is 2.31. The highest BCUT2D eigenvalue weighted by Crippen LogP contribution is 2.31. The average molecular weight is 466 g/mol. The number of aromatic nitrogens is 2. The van der Waals surface area contributed by atoms with Gasteiger partial charge in [-0.15, -0.1) is 0 Å². The van der Waals surface area contributed by atoms with Crippen molar-refractivity contribution in [2.45, 2.75) is 32.0 Å². The van der Waals surface area contributed by atoms with Gasteiger partial charge >= 0.3 is 0 Å². The van der Waals surface area contributed by atoms with Crippen molar-refractivity contribution in [1.29, 1.82) is 0 Å². The number of halogens is 1. The number of hydrogen-bond acceptors (Lipinski definition) is 6. The van der Waals surface area contributed by atoms with E-state index in [0.717, 1.165) is 10.0 Å². The Morgan fingerprint density at radius 2 is 2.03 bits per heavy atom. The third kappa shape index (κ3) is 3.64. The van der Waals surface area contributed by atoms with Gasteiger partial charge in [-0.2, -0.15) is 4.98 Å². The molecule has 0 radical (unpaired) electrons. The molecule has 0 spiro atoms. The van der Waals surface area contributed by atoms with Crippen LogP contribution in [0.15, 0.2) is 69.9 Å². The van der Waals surface area contributed by atoms with Crippen LogP contribution in [0, 0.1) is 6.92 Å². The molecule has 0 saturated carbocycles. The highest BCUT2D eigenvalue weighted by molar-refractivity contribution is 9.10. The molecular weight excluding hydrogens is 446 g/mol. The van der Waals surface area contributed by atoms with Gasteiger partial charge in [0.1, 0.15) is 12.6 Å². The maximum absolute atomic E-state index is 13.1. The van der Waals surface area contributed by atoms with Crippen molar-refractivity contribution in [3.8, 4) is 11.4 Å². The molecule has 1 saturated heterocycles. The molecule has 2 aliphatic heterocycles. The van der Waals surface area contributed by atoms with E-state index >= 15 is 0 Å². The number of aryl methyl sites for hydroxylation is 1. The molecule has 7 nitrogen and oxygen atoms in total. The van der Waals surface area contributed by atoms with Crippen molar-refractivity contribution in [2.24, 2.45) is 0 Å². The second-order valence-corrected chi connectivity index (χ2v) is 8.45. The first-order valence-corrected chi connectivity index (χ1v) is 10.5. The second kappa shape index (κ2) is 7.70. The maximum atomic E-state index is 13.1. The second-order valence-electron chi connectivity index (χ2n) is 7.54. The maximum Gasteiger partial charge on any atom is 0.251 e. The molecule has 2 aliphatic rings. The first kappa shape index (κ1) is 19.0. The Bertz CT molecular complexity index is 1110. The molecule has 3 heterocycles. The van der Waals surface area contributed by atoms with E-state index in [2.05, 4.69) is 62.7 Å². The van der Waals surface area contributed by atoms with E-state index in [4.69, 9.17) is 4.52 Å². The first-order valence-electron chi connectivity index (χ1n) is 9.75. The number of fused-ring (bicyclic) bond motifs is 1. The molecular formula is C22H20BrN5O2. The molecule has 0 bridgehead atoms. The third-order valence-electron chi connectivity index (χ3n) is 5.41. The smallest absolute Gasteiger partial charge is 0.251 e. The zero-order valence-corrected chi connectivity index (χ0v) is 17.9. The van der Waals surface area contributed by atoms with E-state index in [1.165, 1.54) is 11.1 Å². The molecule has 2 unspecified atom stereocenters. The highest BCUT2D eigenvalue weighted by atomic mass is 79.9. The summed E-state index contributed by atoms with van der Waals surface area (Å²) in [4.78, 5) is 19.1. The lowest BCUT2D eigenvalue weighted by atomic mass is 10.00. The number of rotatable bonds is 4. The number of carbonyl (C=O) groups excluding carboxylic acids is 1. The topological polar surface area (TPSA) is 74.5 Å². The third-order valence-corrected chi connectivity index (χ3v) is 5.90. The standard InChI is InChI=1S/C22H20BrN5O2/c1-14-5-7-15(8-6-14)18-12-19-22(29)27(9-10-28(19)25-18)13-20-24-21(26-30-20)16-3-2-4-17(23)11-16/h2-11,18-19,25H,12-13H2,1H3. The Morgan fingerprint density at radius 3 is 2.83 bits per heavy atom. The minimum absolute atomic E-state index is 0.0156. The Labute approximate surface area is 182 Å². The van der Waals surface area contributed by atoms with Crippen LogP contribution in [0.2, 0.25) is 0 Å². The number of nitrogens with zero attached hydrogens (tertiary/aromatic N) is 4. The normalized spacial score (nSPS) is 20.7. The van der Waals surface area contributed by atoms with E-state index in [1.807, 2.05) is 35.5 Å². The fourth-order valence-electron chi connectivity index (χ4n) is 3.79. The van der Waals surface area contributed by atoms with E-state index < -0.39 is 0 Å². The predicted octanol–water partition coefficient (Wildman–Crippen LogP) is 3.94. The molecule has 1 amide bonds. The lowest BCUT2D eigenvalue weighted by Gasteiger charge is -2.30. The molecule has 30 heavy (non-hydrogen) atoms. The average Bonchev–Trinajstić information content (AvgIpc) is 3.38. The van der Waals surface area contributed by atoms with Crippen LogP contribution in [0.3, 0.4) is 0 Å². The summed E-state index contributed by atoms with van der Waals surface area (Å²) in [5.41, 5.74) is 6.67. The molecule has 0 aliphatic carbocycles. The minimum atomic E-state index is -0.256. The summed E-state index contributed by atoms with van der Waals surface area (Å²) in [7, 11) is 0. The van der Waals surface area contributed by atoms with E-state index in [0.29, 0.717) is 18.1 Å². The molecule has 1 N–H and O–H groups in total. The van der Waals surface area contributed by atoms with Crippen molar-refractivity contribution < 1.29 is 9.32 Å². The number of hydrogen-bond donors (Lipinski definition) is 1. The van der Waals surface area contributed by atoms with Gasteiger partial charge in [-0.05, 0) is 31.0 Å². The molecule has 2 atom stereocenters. The molecule has 1 aromatic heterocycles. The summed E-state index contributed by atoms with van der Waals surface area (Å²) in [5.74, 6) is 0.919. The van der Waals surface area contributed by atoms with Crippen molar-refractivity contribution in [2.75, 3.05) is 0 Å². The van der Waals surface area contributed by atoms with E-state index in [-0.39, 0.29) is 24.5 Å². The van der Waals surface area contributed by atoms with Crippen LogP contribution in [0.4, 0.5) is 0 Å². The lowest BCUT2D eigenvalue weighted by Crippen LogP contribution is -2.47. The van der Waals surface area contributed by atoms with Crippen molar-refractivity contribution in [3.05, 3.63) is 82.4 Å². The number of hydrazine groups is 1. The molecule has 8 heteroatoms. The van der Waals surface area contributed by atoms with Gasteiger partial charge in [0, 0.05) is 22.4 Å². The van der Waals surface area contributed by atoms with Crippen LogP contribution < -0.4 is 5.43 Å². The van der Waals surface area contributed by atoms with Gasteiger partial charge in [0.2, 0.25) is 11.7 Å². The van der Waals surface area contributed by atoms with Crippen molar-refractivity contribution in [3.63, 3.8) is 0 Å². The Morgan fingerprint density at radius 1 is 1.20 bits per heavy atom. The molecule has 5 rings (SSSR count). The van der Waals surface area contributed by atoms with Gasteiger partial charge in [-0.25, -0.2) is 5.43 Å². The zero-order chi connectivity index (χ0) is 20.7. The fraction of sp³-hybridized carbons (Fsp3) is 0.227. The fourth-order valence-corrected chi connectivity index (χ4v) is 4.19. The largest absolute Gasteiger partial charge is 0.337 e. The van der Waals surface area contributed by atoms with Crippen molar-refractivity contribution >= 4 is 21.8 Å². The van der Waals surface area contributed by atoms with Crippen LogP contribution in [0.1, 0.15) is 29.5 Å². The van der Waals surface area contributed by atoms with Gasteiger partial charge in [0.05, 0.1) is 6.04 Å². The number of nitrogens with one attached hydrogen (secondary N) is 1. The number of amides is 1. The van der Waals surface area contributed by atoms with E-state index in [1.54, 1.807) is 11.1 Å². The molecule has 3 aromatic rings. The van der Waals surface area contributed by atoms with Crippen LogP contribution in [0.25, 0.3) is 11.4 Å². The molecule has 2 aromatic carbocycles. The Hall–Kier alpha value is -2.97. The van der Waals surface area contributed by atoms with Gasteiger partial charge in [-0.1, -0.05) is 63.0 Å². The monoisotopic (exact) mass is 465 g/mol. The summed E-state index contributed by atoms with van der Waals surface area (Å²) < 4.78 is 6.33. The van der Waals surface area contributed by atoms with Crippen LogP contribution >= 0.6 is 15.9 Å². The zero-order valence-electron chi connectivity index (χ0n) is 16.3. The Balaban J connectivity index is 1.28. The minimum Gasteiger partial charge on any atom is -0.337 e. The van der Waals surface area contributed by atoms with Gasteiger partial charge < -0.3 is 14.4 Å². The summed E-state index contributed by atoms with van der Waals surface area (Å²) >= 11 is 3.45. The van der Waals surface area contributed by atoms with Crippen LogP contribution in [-0.4, -0.2) is 32.0 Å². The first-order chi connectivity index (χ1) is 14.6. The number of carbonyl (C=O) groups is 1. The van der Waals surface area contributed by atoms with Gasteiger partial charge in [0.25, 0.3) is 5.91 Å². The summed E-state index contributed by atoms with van der Waals surface area (Å²) in [6.07, 6.45) is 4.36. The predicted molar refractivity (Wildman–Crippen MR) is 114 cm³/mol. The Kier molecular flexibility index (Phi) is 4.88. The quantitative estimate of drug-likeness (QED) is 0.628. The molecule has 152 valence electrons. The van der Waals surface area contributed by atoms with Gasteiger partial charge in [-0.3, -0.25) is 4.79 Å². The highest BCUT2D eigenvalue weighted by Gasteiger charge is 2.40. The molecule has 1 fully saturated rings. The van der Waals surface area contributed by atoms with E-state index in [9.17, 15) is 4.79 Å². The lowest BCUT2D eigenvalue weighted by molar-refractivity contribution is -0.135. The summed E-state index contributed by atoms with van der Waals surface area (Å²) in [6, 6.07) is 16.0. The summed E-state index contributed by atoms with van der Waals surface area (Å²) in [5, 5.41) is 5.94. The van der Waals surface area contributed by atoms with Crippen molar-refractivity contribution in [1.82, 2.24) is 25.5 Å². The van der Waals surface area contributed by atoms with Crippen LogP contribution in [-0.2, 0) is 11.3 Å².